The standard InChI is InChI=1S/C23H28FNO5/c1-13(2)18(12-19(26)21-22(27)20(29-5)10-11-25-21)23(28)30-15(4)14(3)16-6-8-17(24)9-7-16/h6-11,13-15,18,27H,12H2,1-5H3/t14-,15+,18+/m1/s1. The summed E-state index contributed by atoms with van der Waals surface area (Å²) in [6.45, 7) is 7.30. The number of hydrogen-bond acceptors (Lipinski definition) is 6. The van der Waals surface area contributed by atoms with Crippen LogP contribution in [0.1, 0.15) is 56.1 Å². The molecule has 0 spiro atoms. The number of nitrogens with zero attached hydrogens (tertiary/aromatic N) is 1. The molecule has 0 aliphatic rings. The number of benzene rings is 1. The number of aromatic hydroxyl groups is 1. The van der Waals surface area contributed by atoms with Gasteiger partial charge in [0.05, 0.1) is 13.0 Å². The molecule has 6 nitrogen and oxygen atoms in total. The normalized spacial score (nSPS) is 14.1. The molecule has 1 aromatic carbocycles. The summed E-state index contributed by atoms with van der Waals surface area (Å²) < 4.78 is 23.8. The van der Waals surface area contributed by atoms with E-state index in [0.29, 0.717) is 0 Å². The fraction of sp³-hybridized carbons (Fsp3) is 0.435. The van der Waals surface area contributed by atoms with E-state index in [-0.39, 0.29) is 41.3 Å². The van der Waals surface area contributed by atoms with E-state index in [1.807, 2.05) is 20.8 Å². The number of ether oxygens (including phenoxy) is 2. The summed E-state index contributed by atoms with van der Waals surface area (Å²) in [6.07, 6.45) is 0.741. The van der Waals surface area contributed by atoms with Gasteiger partial charge in [-0.1, -0.05) is 32.9 Å². The van der Waals surface area contributed by atoms with Gasteiger partial charge in [-0.3, -0.25) is 9.59 Å². The predicted octanol–water partition coefficient (Wildman–Crippen LogP) is 4.52. The Kier molecular flexibility index (Phi) is 7.92. The van der Waals surface area contributed by atoms with Gasteiger partial charge in [0.15, 0.2) is 23.0 Å². The first kappa shape index (κ1) is 23.3. The summed E-state index contributed by atoms with van der Waals surface area (Å²) in [5.74, 6) is -2.53. The Labute approximate surface area is 176 Å². The lowest BCUT2D eigenvalue weighted by Gasteiger charge is -2.25. The lowest BCUT2D eigenvalue weighted by Crippen LogP contribution is -2.30. The Bertz CT molecular complexity index is 882. The van der Waals surface area contributed by atoms with Gasteiger partial charge in [-0.15, -0.1) is 0 Å². The minimum absolute atomic E-state index is 0.138. The van der Waals surface area contributed by atoms with E-state index in [0.717, 1.165) is 5.56 Å². The smallest absolute Gasteiger partial charge is 0.309 e. The fourth-order valence-electron chi connectivity index (χ4n) is 3.10. The highest BCUT2D eigenvalue weighted by Crippen LogP contribution is 2.31. The van der Waals surface area contributed by atoms with Gasteiger partial charge in [-0.25, -0.2) is 9.37 Å². The molecule has 30 heavy (non-hydrogen) atoms. The van der Waals surface area contributed by atoms with Crippen LogP contribution in [-0.4, -0.2) is 35.1 Å². The molecule has 2 rings (SSSR count). The van der Waals surface area contributed by atoms with E-state index in [2.05, 4.69) is 4.98 Å². The summed E-state index contributed by atoms with van der Waals surface area (Å²) in [5.41, 5.74) is 0.708. The number of carbonyl (C=O) groups is 2. The van der Waals surface area contributed by atoms with Crippen LogP contribution in [0.3, 0.4) is 0 Å². The van der Waals surface area contributed by atoms with Gasteiger partial charge in [-0.05, 0) is 30.5 Å². The number of aromatic nitrogens is 1. The van der Waals surface area contributed by atoms with Gasteiger partial charge >= 0.3 is 5.97 Å². The van der Waals surface area contributed by atoms with Crippen molar-refractivity contribution in [1.29, 1.82) is 0 Å². The van der Waals surface area contributed by atoms with Gasteiger partial charge in [0.1, 0.15) is 11.9 Å². The molecule has 0 aliphatic carbocycles. The third-order valence-electron chi connectivity index (χ3n) is 5.29. The van der Waals surface area contributed by atoms with Crippen molar-refractivity contribution in [3.63, 3.8) is 0 Å². The minimum atomic E-state index is -0.701. The number of rotatable bonds is 9. The van der Waals surface area contributed by atoms with Crippen molar-refractivity contribution in [3.8, 4) is 11.5 Å². The topological polar surface area (TPSA) is 85.7 Å². The molecule has 1 aromatic heterocycles. The number of carbonyl (C=O) groups excluding carboxylic acids is 2. The van der Waals surface area contributed by atoms with Crippen molar-refractivity contribution in [2.75, 3.05) is 7.11 Å². The maximum absolute atomic E-state index is 13.1. The molecule has 162 valence electrons. The molecule has 0 unspecified atom stereocenters. The first-order chi connectivity index (χ1) is 14.1. The Balaban J connectivity index is 2.11. The third-order valence-corrected chi connectivity index (χ3v) is 5.29. The molecule has 2 aromatic rings. The monoisotopic (exact) mass is 417 g/mol. The van der Waals surface area contributed by atoms with Crippen LogP contribution in [0.15, 0.2) is 36.5 Å². The Hall–Kier alpha value is -2.96. The van der Waals surface area contributed by atoms with Gasteiger partial charge < -0.3 is 14.6 Å². The van der Waals surface area contributed by atoms with Crippen LogP contribution in [0.2, 0.25) is 0 Å². The summed E-state index contributed by atoms with van der Waals surface area (Å²) in [6, 6.07) is 7.49. The molecule has 0 bridgehead atoms. The lowest BCUT2D eigenvalue weighted by atomic mass is 9.89. The maximum Gasteiger partial charge on any atom is 0.309 e. The zero-order chi connectivity index (χ0) is 22.4. The number of hydrogen-bond donors (Lipinski definition) is 1. The highest BCUT2D eigenvalue weighted by Gasteiger charge is 2.31. The van der Waals surface area contributed by atoms with Gasteiger partial charge in [0.2, 0.25) is 0 Å². The van der Waals surface area contributed by atoms with E-state index >= 15 is 0 Å². The number of ketones is 1. The molecule has 1 heterocycles. The van der Waals surface area contributed by atoms with Gasteiger partial charge in [0, 0.05) is 24.6 Å². The molecule has 0 radical (unpaired) electrons. The van der Waals surface area contributed by atoms with Crippen molar-refractivity contribution < 1.29 is 28.6 Å². The van der Waals surface area contributed by atoms with Crippen molar-refractivity contribution in [2.45, 2.75) is 46.1 Å². The molecular weight excluding hydrogens is 389 g/mol. The molecule has 0 amide bonds. The summed E-state index contributed by atoms with van der Waals surface area (Å²) in [4.78, 5) is 29.5. The minimum Gasteiger partial charge on any atom is -0.503 e. The Morgan fingerprint density at radius 2 is 1.73 bits per heavy atom. The largest absolute Gasteiger partial charge is 0.503 e. The average molecular weight is 417 g/mol. The predicted molar refractivity (Wildman–Crippen MR) is 110 cm³/mol. The zero-order valence-electron chi connectivity index (χ0n) is 17.9. The molecule has 0 aliphatic heterocycles. The second kappa shape index (κ2) is 10.2. The molecular formula is C23H28FNO5. The number of methoxy groups -OCH3 is 1. The molecule has 7 heteroatoms. The van der Waals surface area contributed by atoms with Crippen molar-refractivity contribution >= 4 is 11.8 Å². The molecule has 1 N–H and O–H groups in total. The van der Waals surface area contributed by atoms with E-state index in [4.69, 9.17) is 9.47 Å². The maximum atomic E-state index is 13.1. The molecule has 0 fully saturated rings. The van der Waals surface area contributed by atoms with Gasteiger partial charge in [-0.2, -0.15) is 0 Å². The van der Waals surface area contributed by atoms with Crippen LogP contribution in [0.5, 0.6) is 11.5 Å². The quantitative estimate of drug-likeness (QED) is 0.477. The van der Waals surface area contributed by atoms with Crippen molar-refractivity contribution in [3.05, 3.63) is 53.6 Å². The van der Waals surface area contributed by atoms with E-state index < -0.39 is 23.8 Å². The van der Waals surface area contributed by atoms with Crippen LogP contribution in [0, 0.1) is 17.7 Å². The second-order valence-electron chi connectivity index (χ2n) is 7.67. The zero-order valence-corrected chi connectivity index (χ0v) is 17.9. The SMILES string of the molecule is COc1ccnc(C(=O)C[C@H](C(=O)O[C@@H](C)[C@@H](C)c2ccc(F)cc2)C(C)C)c1O. The highest BCUT2D eigenvalue weighted by atomic mass is 19.1. The summed E-state index contributed by atoms with van der Waals surface area (Å²) in [7, 11) is 1.38. The average Bonchev–Trinajstić information content (AvgIpc) is 2.71. The van der Waals surface area contributed by atoms with Crippen LogP contribution in [0.25, 0.3) is 0 Å². The van der Waals surface area contributed by atoms with Crippen molar-refractivity contribution in [1.82, 2.24) is 4.98 Å². The van der Waals surface area contributed by atoms with Gasteiger partial charge in [0.25, 0.3) is 0 Å². The molecule has 0 saturated heterocycles. The van der Waals surface area contributed by atoms with E-state index in [1.54, 1.807) is 19.1 Å². The van der Waals surface area contributed by atoms with E-state index in [9.17, 15) is 19.1 Å². The van der Waals surface area contributed by atoms with Crippen LogP contribution in [-0.2, 0) is 9.53 Å². The number of halogens is 1. The molecule has 3 atom stereocenters. The van der Waals surface area contributed by atoms with Crippen LogP contribution >= 0.6 is 0 Å². The third kappa shape index (κ3) is 5.55. The van der Waals surface area contributed by atoms with Crippen molar-refractivity contribution in [2.24, 2.45) is 11.8 Å². The highest BCUT2D eigenvalue weighted by molar-refractivity contribution is 5.99. The number of Topliss-reactive ketones (excluding diaryl/α,β-unsaturated/α-hetero) is 1. The summed E-state index contributed by atoms with van der Waals surface area (Å²) >= 11 is 0. The molecule has 0 saturated carbocycles. The first-order valence-electron chi connectivity index (χ1n) is 9.86. The van der Waals surface area contributed by atoms with Crippen LogP contribution < -0.4 is 4.74 Å². The lowest BCUT2D eigenvalue weighted by molar-refractivity contribution is -0.155. The first-order valence-corrected chi connectivity index (χ1v) is 9.86. The summed E-state index contributed by atoms with van der Waals surface area (Å²) in [5, 5.41) is 10.2. The number of pyridine rings is 1. The fourth-order valence-corrected chi connectivity index (χ4v) is 3.10. The Morgan fingerprint density at radius 3 is 2.30 bits per heavy atom. The second-order valence-corrected chi connectivity index (χ2v) is 7.67. The Morgan fingerprint density at radius 1 is 1.10 bits per heavy atom. The van der Waals surface area contributed by atoms with Crippen LogP contribution in [0.4, 0.5) is 4.39 Å². The number of esters is 1. The van der Waals surface area contributed by atoms with E-state index in [1.165, 1.54) is 31.5 Å².